The van der Waals surface area contributed by atoms with Crippen LogP contribution in [0.5, 0.6) is 5.75 Å². The maximum absolute atomic E-state index is 12.3. The number of ether oxygens (including phenoxy) is 3. The molecule has 28 heavy (non-hydrogen) atoms. The van der Waals surface area contributed by atoms with Gasteiger partial charge in [-0.2, -0.15) is 0 Å². The van der Waals surface area contributed by atoms with Gasteiger partial charge in [0, 0.05) is 11.6 Å². The van der Waals surface area contributed by atoms with Crippen molar-refractivity contribution in [2.45, 2.75) is 19.6 Å². The second-order valence-electron chi connectivity index (χ2n) is 5.80. The van der Waals surface area contributed by atoms with E-state index in [4.69, 9.17) is 16.3 Å². The molecular formula is C20H20ClNO6. The van der Waals surface area contributed by atoms with E-state index in [2.05, 4.69) is 14.8 Å². The number of esters is 2. The zero-order valence-electron chi connectivity index (χ0n) is 15.7. The van der Waals surface area contributed by atoms with E-state index < -0.39 is 18.0 Å². The Morgan fingerprint density at radius 3 is 2.11 bits per heavy atom. The normalized spacial score (nSPS) is 11.3. The van der Waals surface area contributed by atoms with E-state index in [1.807, 2.05) is 6.07 Å². The van der Waals surface area contributed by atoms with E-state index >= 15 is 0 Å². The zero-order valence-corrected chi connectivity index (χ0v) is 16.4. The summed E-state index contributed by atoms with van der Waals surface area (Å²) in [4.78, 5) is 36.0. The molecule has 0 bridgehead atoms. The smallest absolute Gasteiger partial charge is 0.338 e. The molecule has 0 spiro atoms. The molecule has 0 aliphatic rings. The van der Waals surface area contributed by atoms with Crippen LogP contribution < -0.4 is 10.1 Å². The van der Waals surface area contributed by atoms with Crippen LogP contribution >= 0.6 is 11.6 Å². The maximum atomic E-state index is 12.3. The van der Waals surface area contributed by atoms with Crippen LogP contribution in [-0.4, -0.2) is 38.2 Å². The fourth-order valence-corrected chi connectivity index (χ4v) is 2.57. The molecule has 0 aliphatic heterocycles. The lowest BCUT2D eigenvalue weighted by atomic mass is 10.1. The van der Waals surface area contributed by atoms with E-state index in [1.165, 1.54) is 32.4 Å². The van der Waals surface area contributed by atoms with Gasteiger partial charge in [-0.3, -0.25) is 4.79 Å². The second-order valence-corrected chi connectivity index (χ2v) is 6.21. The van der Waals surface area contributed by atoms with Crippen molar-refractivity contribution in [3.8, 4) is 5.75 Å². The number of carbonyl (C=O) groups excluding carboxylic acids is 3. The summed E-state index contributed by atoms with van der Waals surface area (Å²) in [7, 11) is 2.44. The van der Waals surface area contributed by atoms with Crippen molar-refractivity contribution in [3.05, 3.63) is 64.2 Å². The first-order valence-electron chi connectivity index (χ1n) is 8.35. The predicted octanol–water partition coefficient (Wildman–Crippen LogP) is 3.00. The SMILES string of the molecule is COC(=O)c1cc(O[C@@H](C)C(=O)NCc2ccccc2Cl)cc(C(=O)OC)c1. The van der Waals surface area contributed by atoms with Crippen LogP contribution in [0, 0.1) is 0 Å². The number of nitrogens with one attached hydrogen (secondary N) is 1. The number of methoxy groups -OCH3 is 2. The van der Waals surface area contributed by atoms with Gasteiger partial charge in [-0.15, -0.1) is 0 Å². The molecule has 0 aromatic heterocycles. The molecular weight excluding hydrogens is 386 g/mol. The summed E-state index contributed by atoms with van der Waals surface area (Å²) in [5, 5.41) is 3.27. The van der Waals surface area contributed by atoms with Crippen LogP contribution in [0.25, 0.3) is 0 Å². The van der Waals surface area contributed by atoms with Crippen LogP contribution in [0.15, 0.2) is 42.5 Å². The minimum atomic E-state index is -0.888. The number of hydrogen-bond acceptors (Lipinski definition) is 6. The average molecular weight is 406 g/mol. The van der Waals surface area contributed by atoms with Gasteiger partial charge in [0.2, 0.25) is 0 Å². The number of hydrogen-bond donors (Lipinski definition) is 1. The van der Waals surface area contributed by atoms with E-state index in [9.17, 15) is 14.4 Å². The first-order chi connectivity index (χ1) is 13.3. The predicted molar refractivity (Wildman–Crippen MR) is 103 cm³/mol. The molecule has 0 saturated heterocycles. The molecule has 0 heterocycles. The molecule has 2 aromatic rings. The lowest BCUT2D eigenvalue weighted by Gasteiger charge is -2.16. The molecule has 8 heteroatoms. The van der Waals surface area contributed by atoms with Crippen LogP contribution in [-0.2, 0) is 20.8 Å². The van der Waals surface area contributed by atoms with E-state index in [1.54, 1.807) is 25.1 Å². The summed E-state index contributed by atoms with van der Waals surface area (Å²) in [6.07, 6.45) is -0.888. The third-order valence-electron chi connectivity index (χ3n) is 3.84. The van der Waals surface area contributed by atoms with Gasteiger partial charge in [0.05, 0.1) is 25.3 Å². The molecule has 0 radical (unpaired) electrons. The average Bonchev–Trinajstić information content (AvgIpc) is 2.71. The standard InChI is InChI=1S/C20H20ClNO6/c1-12(18(23)22-11-13-6-4-5-7-17(13)21)28-16-9-14(19(24)26-2)8-15(10-16)20(25)27-3/h4-10,12H,11H2,1-3H3,(H,22,23)/t12-/m0/s1. The number of carbonyl (C=O) groups is 3. The Hall–Kier alpha value is -3.06. The highest BCUT2D eigenvalue weighted by Crippen LogP contribution is 2.20. The summed E-state index contributed by atoms with van der Waals surface area (Å²) >= 11 is 6.07. The largest absolute Gasteiger partial charge is 0.481 e. The van der Waals surface area contributed by atoms with Crippen molar-refractivity contribution < 1.29 is 28.6 Å². The summed E-state index contributed by atoms with van der Waals surface area (Å²) in [5.41, 5.74) is 0.971. The Morgan fingerprint density at radius 2 is 1.57 bits per heavy atom. The first kappa shape index (κ1) is 21.2. The molecule has 2 rings (SSSR count). The van der Waals surface area contributed by atoms with E-state index in [0.29, 0.717) is 5.02 Å². The zero-order chi connectivity index (χ0) is 20.7. The van der Waals surface area contributed by atoms with Crippen LogP contribution in [0.4, 0.5) is 0 Å². The Labute approximate surface area is 167 Å². The fraction of sp³-hybridized carbons (Fsp3) is 0.250. The molecule has 0 aliphatic carbocycles. The summed E-state index contributed by atoms with van der Waals surface area (Å²) in [5.74, 6) is -1.52. The van der Waals surface area contributed by atoms with Crippen LogP contribution in [0.3, 0.4) is 0 Å². The van der Waals surface area contributed by atoms with Gasteiger partial charge in [0.1, 0.15) is 5.75 Å². The van der Waals surface area contributed by atoms with Crippen LogP contribution in [0.1, 0.15) is 33.2 Å². The second kappa shape index (κ2) is 9.75. The Kier molecular flexibility index (Phi) is 7.40. The number of amides is 1. The van der Waals surface area contributed by atoms with Gasteiger partial charge in [-0.1, -0.05) is 29.8 Å². The van der Waals surface area contributed by atoms with Gasteiger partial charge in [-0.05, 0) is 36.8 Å². The van der Waals surface area contributed by atoms with Crippen molar-refractivity contribution >= 4 is 29.4 Å². The topological polar surface area (TPSA) is 90.9 Å². The van der Waals surface area contributed by atoms with Crippen LogP contribution in [0.2, 0.25) is 5.02 Å². The van der Waals surface area contributed by atoms with Crippen molar-refractivity contribution in [3.63, 3.8) is 0 Å². The molecule has 7 nitrogen and oxygen atoms in total. The number of benzene rings is 2. The Morgan fingerprint density at radius 1 is 1.00 bits per heavy atom. The fourth-order valence-electron chi connectivity index (χ4n) is 2.36. The summed E-state index contributed by atoms with van der Waals surface area (Å²) in [6, 6.07) is 11.2. The van der Waals surface area contributed by atoms with Gasteiger partial charge in [-0.25, -0.2) is 9.59 Å². The molecule has 2 aromatic carbocycles. The van der Waals surface area contributed by atoms with Gasteiger partial charge in [0.15, 0.2) is 6.10 Å². The third-order valence-corrected chi connectivity index (χ3v) is 4.21. The molecule has 0 fully saturated rings. The highest BCUT2D eigenvalue weighted by atomic mass is 35.5. The van der Waals surface area contributed by atoms with Crippen molar-refractivity contribution in [1.29, 1.82) is 0 Å². The summed E-state index contributed by atoms with van der Waals surface area (Å²) < 4.78 is 14.9. The number of halogens is 1. The molecule has 1 amide bonds. The van der Waals surface area contributed by atoms with Crippen molar-refractivity contribution in [2.24, 2.45) is 0 Å². The minimum absolute atomic E-state index is 0.101. The first-order valence-corrected chi connectivity index (χ1v) is 8.73. The minimum Gasteiger partial charge on any atom is -0.481 e. The number of rotatable bonds is 7. The van der Waals surface area contributed by atoms with Crippen molar-refractivity contribution in [1.82, 2.24) is 5.32 Å². The van der Waals surface area contributed by atoms with E-state index in [-0.39, 0.29) is 29.3 Å². The molecule has 0 saturated carbocycles. The van der Waals surface area contributed by atoms with E-state index in [0.717, 1.165) is 5.56 Å². The molecule has 148 valence electrons. The maximum Gasteiger partial charge on any atom is 0.338 e. The van der Waals surface area contributed by atoms with Gasteiger partial charge < -0.3 is 19.5 Å². The highest BCUT2D eigenvalue weighted by molar-refractivity contribution is 6.31. The quantitative estimate of drug-likeness (QED) is 0.712. The highest BCUT2D eigenvalue weighted by Gasteiger charge is 2.19. The molecule has 0 unspecified atom stereocenters. The Bertz CT molecular complexity index is 848. The summed E-state index contributed by atoms with van der Waals surface area (Å²) in [6.45, 7) is 1.78. The monoisotopic (exact) mass is 405 g/mol. The van der Waals surface area contributed by atoms with Gasteiger partial charge in [0.25, 0.3) is 5.91 Å². The van der Waals surface area contributed by atoms with Crippen molar-refractivity contribution in [2.75, 3.05) is 14.2 Å². The third kappa shape index (κ3) is 5.47. The molecule has 1 atom stereocenters. The lowest BCUT2D eigenvalue weighted by molar-refractivity contribution is -0.127. The lowest BCUT2D eigenvalue weighted by Crippen LogP contribution is -2.36. The molecule has 1 N–H and O–H groups in total. The van der Waals surface area contributed by atoms with Gasteiger partial charge >= 0.3 is 11.9 Å². The Balaban J connectivity index is 2.12.